The van der Waals surface area contributed by atoms with Crippen LogP contribution in [0, 0.1) is 0 Å². The van der Waals surface area contributed by atoms with Gasteiger partial charge in [0, 0.05) is 6.08 Å². The minimum absolute atomic E-state index is 0.0191. The highest BCUT2D eigenvalue weighted by atomic mass is 28.4. The third kappa shape index (κ3) is 5.72. The van der Waals surface area contributed by atoms with Crippen molar-refractivity contribution in [2.75, 3.05) is 7.11 Å². The van der Waals surface area contributed by atoms with Crippen LogP contribution in [-0.2, 0) is 14.0 Å². The lowest BCUT2D eigenvalue weighted by molar-refractivity contribution is -0.134. The largest absolute Gasteiger partial charge is 0.466 e. The van der Waals surface area contributed by atoms with E-state index in [-0.39, 0.29) is 5.04 Å². The van der Waals surface area contributed by atoms with Crippen molar-refractivity contribution in [3.8, 4) is 0 Å². The summed E-state index contributed by atoms with van der Waals surface area (Å²) < 4.78 is 10.6. The summed E-state index contributed by atoms with van der Waals surface area (Å²) >= 11 is 0. The van der Waals surface area contributed by atoms with Crippen LogP contribution in [0.5, 0.6) is 0 Å². The van der Waals surface area contributed by atoms with Gasteiger partial charge in [-0.2, -0.15) is 0 Å². The molecule has 1 N–H and O–H groups in total. The van der Waals surface area contributed by atoms with E-state index in [1.165, 1.54) is 25.3 Å². The molecule has 0 aliphatic heterocycles. The van der Waals surface area contributed by atoms with E-state index in [0.29, 0.717) is 0 Å². The third-order valence-corrected chi connectivity index (χ3v) is 7.91. The number of carbonyl (C=O) groups is 1. The van der Waals surface area contributed by atoms with Crippen molar-refractivity contribution >= 4 is 14.3 Å². The molecule has 2 atom stereocenters. The van der Waals surface area contributed by atoms with Crippen LogP contribution >= 0.6 is 0 Å². The maximum absolute atomic E-state index is 11.1. The van der Waals surface area contributed by atoms with Crippen molar-refractivity contribution in [2.24, 2.45) is 0 Å². The van der Waals surface area contributed by atoms with Crippen molar-refractivity contribution in [2.45, 2.75) is 51.1 Å². The fourth-order valence-corrected chi connectivity index (χ4v) is 2.37. The van der Waals surface area contributed by atoms with Crippen LogP contribution in [0.25, 0.3) is 0 Å². The Bertz CT molecular complexity index is 342. The van der Waals surface area contributed by atoms with Crippen LogP contribution in [0.3, 0.4) is 0 Å². The van der Waals surface area contributed by atoms with E-state index in [2.05, 4.69) is 45.2 Å². The minimum atomic E-state index is -2.04. The van der Waals surface area contributed by atoms with Gasteiger partial charge in [-0.15, -0.1) is 6.58 Å². The van der Waals surface area contributed by atoms with Crippen molar-refractivity contribution in [3.05, 3.63) is 24.8 Å². The summed E-state index contributed by atoms with van der Waals surface area (Å²) in [5.74, 6) is -0.472. The second-order valence-corrected chi connectivity index (χ2v) is 10.7. The van der Waals surface area contributed by atoms with Crippen molar-refractivity contribution in [3.63, 3.8) is 0 Å². The molecule has 0 bridgehead atoms. The van der Waals surface area contributed by atoms with Crippen LogP contribution in [0.4, 0.5) is 0 Å². The van der Waals surface area contributed by atoms with Crippen LogP contribution in [-0.4, -0.2) is 38.7 Å². The summed E-state index contributed by atoms with van der Waals surface area (Å²) in [4.78, 5) is 11.1. The first-order valence-corrected chi connectivity index (χ1v) is 9.20. The molecular formula is C14H26O4Si. The number of rotatable bonds is 6. The number of methoxy groups -OCH3 is 1. The van der Waals surface area contributed by atoms with Crippen molar-refractivity contribution < 1.29 is 19.1 Å². The Morgan fingerprint density at radius 1 is 1.37 bits per heavy atom. The van der Waals surface area contributed by atoms with Gasteiger partial charge in [0.1, 0.15) is 6.10 Å². The zero-order valence-electron chi connectivity index (χ0n) is 12.8. The lowest BCUT2D eigenvalue weighted by Gasteiger charge is -2.39. The number of esters is 1. The quantitative estimate of drug-likeness (QED) is 0.353. The normalized spacial score (nSPS) is 16.2. The molecule has 0 aliphatic rings. The van der Waals surface area contributed by atoms with Gasteiger partial charge in [-0.1, -0.05) is 26.8 Å². The lowest BCUT2D eigenvalue weighted by Crippen LogP contribution is -2.46. The summed E-state index contributed by atoms with van der Waals surface area (Å²) in [5.41, 5.74) is 0. The molecule has 0 aromatic rings. The predicted octanol–water partition coefficient (Wildman–Crippen LogP) is 2.65. The van der Waals surface area contributed by atoms with Gasteiger partial charge in [-0.3, -0.25) is 0 Å². The SMILES string of the molecule is C=C[C@H](O)[C@H](/C=C/C(=O)OC)O[Si](C)(C)C(C)(C)C. The van der Waals surface area contributed by atoms with Crippen molar-refractivity contribution in [1.29, 1.82) is 0 Å². The van der Waals surface area contributed by atoms with E-state index in [1.54, 1.807) is 0 Å². The molecular weight excluding hydrogens is 260 g/mol. The highest BCUT2D eigenvalue weighted by molar-refractivity contribution is 6.74. The second-order valence-electron chi connectivity index (χ2n) is 5.95. The fraction of sp³-hybridized carbons (Fsp3) is 0.643. The molecule has 0 aromatic heterocycles. The maximum atomic E-state index is 11.1. The molecule has 0 rings (SSSR count). The van der Waals surface area contributed by atoms with E-state index >= 15 is 0 Å². The van der Waals surface area contributed by atoms with Gasteiger partial charge >= 0.3 is 5.97 Å². The molecule has 0 heterocycles. The molecule has 0 aromatic carbocycles. The van der Waals surface area contributed by atoms with E-state index in [4.69, 9.17) is 4.43 Å². The number of ether oxygens (including phenoxy) is 1. The molecule has 19 heavy (non-hydrogen) atoms. The van der Waals surface area contributed by atoms with Gasteiger partial charge in [0.05, 0.1) is 13.2 Å². The van der Waals surface area contributed by atoms with Gasteiger partial charge in [0.15, 0.2) is 8.32 Å². The molecule has 0 unspecified atom stereocenters. The Morgan fingerprint density at radius 3 is 2.26 bits per heavy atom. The average molecular weight is 286 g/mol. The Hall–Kier alpha value is -0.913. The highest BCUT2D eigenvalue weighted by Gasteiger charge is 2.39. The first-order valence-electron chi connectivity index (χ1n) is 6.29. The molecule has 0 spiro atoms. The van der Waals surface area contributed by atoms with Crippen LogP contribution < -0.4 is 0 Å². The van der Waals surface area contributed by atoms with Crippen LogP contribution in [0.1, 0.15) is 20.8 Å². The predicted molar refractivity (Wildman–Crippen MR) is 79.4 cm³/mol. The zero-order valence-corrected chi connectivity index (χ0v) is 13.8. The highest BCUT2D eigenvalue weighted by Crippen LogP contribution is 2.37. The molecule has 0 radical (unpaired) electrons. The topological polar surface area (TPSA) is 55.8 Å². The standard InChI is InChI=1S/C14H26O4Si/c1-8-11(15)12(9-10-13(16)17-5)18-19(6,7)14(2,3)4/h8-12,15H,1H2,2-7H3/b10-9+/t11-,12-/m0/s1. The number of hydrogen-bond acceptors (Lipinski definition) is 4. The fourth-order valence-electron chi connectivity index (χ4n) is 1.12. The lowest BCUT2D eigenvalue weighted by atomic mass is 10.2. The Labute approximate surface area is 117 Å². The van der Waals surface area contributed by atoms with Crippen LogP contribution in [0.15, 0.2) is 24.8 Å². The number of aliphatic hydroxyl groups excluding tert-OH is 1. The van der Waals surface area contributed by atoms with E-state index < -0.39 is 26.5 Å². The molecule has 0 saturated heterocycles. The van der Waals surface area contributed by atoms with E-state index in [1.807, 2.05) is 0 Å². The second kappa shape index (κ2) is 7.03. The maximum Gasteiger partial charge on any atom is 0.330 e. The Balaban J connectivity index is 5.04. The molecule has 5 heteroatoms. The average Bonchev–Trinajstić information content (AvgIpc) is 2.31. The molecule has 0 saturated carbocycles. The number of carbonyl (C=O) groups excluding carboxylic acids is 1. The van der Waals surface area contributed by atoms with Gasteiger partial charge < -0.3 is 14.3 Å². The molecule has 110 valence electrons. The number of aliphatic hydroxyl groups is 1. The summed E-state index contributed by atoms with van der Waals surface area (Å²) in [7, 11) is -0.735. The van der Waals surface area contributed by atoms with Gasteiger partial charge in [-0.05, 0) is 24.2 Å². The first-order chi connectivity index (χ1) is 8.55. The van der Waals surface area contributed by atoms with Gasteiger partial charge in [-0.25, -0.2) is 4.79 Å². The minimum Gasteiger partial charge on any atom is -0.466 e. The Kier molecular flexibility index (Phi) is 6.69. The smallest absolute Gasteiger partial charge is 0.330 e. The summed E-state index contributed by atoms with van der Waals surface area (Å²) in [6, 6.07) is 0. The molecule has 0 fully saturated rings. The summed E-state index contributed by atoms with van der Waals surface area (Å²) in [6.45, 7) is 14.1. The summed E-state index contributed by atoms with van der Waals surface area (Å²) in [5, 5.41) is 9.93. The van der Waals surface area contributed by atoms with E-state index in [9.17, 15) is 9.90 Å². The molecule has 0 aliphatic carbocycles. The third-order valence-electron chi connectivity index (χ3n) is 3.44. The Morgan fingerprint density at radius 2 is 1.89 bits per heavy atom. The monoisotopic (exact) mass is 286 g/mol. The first kappa shape index (κ1) is 18.1. The van der Waals surface area contributed by atoms with Gasteiger partial charge in [0.25, 0.3) is 0 Å². The van der Waals surface area contributed by atoms with Crippen LogP contribution in [0.2, 0.25) is 18.1 Å². The van der Waals surface area contributed by atoms with Gasteiger partial charge in [0.2, 0.25) is 0 Å². The summed E-state index contributed by atoms with van der Waals surface area (Å²) in [6.07, 6.45) is 2.76. The zero-order chi connectivity index (χ0) is 15.3. The van der Waals surface area contributed by atoms with Crippen molar-refractivity contribution in [1.82, 2.24) is 0 Å². The van der Waals surface area contributed by atoms with E-state index in [0.717, 1.165) is 0 Å². The molecule has 4 nitrogen and oxygen atoms in total. The number of hydrogen-bond donors (Lipinski definition) is 1. The molecule has 0 amide bonds.